The normalized spacial score (nSPS) is 10.2. The van der Waals surface area contributed by atoms with Crippen LogP contribution in [0.15, 0.2) is 40.9 Å². The highest BCUT2D eigenvalue weighted by Gasteiger charge is 2.10. The Bertz CT molecular complexity index is 762. The third-order valence-electron chi connectivity index (χ3n) is 3.29. The van der Waals surface area contributed by atoms with E-state index < -0.39 is 4.92 Å². The van der Waals surface area contributed by atoms with Gasteiger partial charge in [-0.1, -0.05) is 15.9 Å². The molecule has 1 amide bonds. The van der Waals surface area contributed by atoms with E-state index in [-0.39, 0.29) is 18.1 Å². The second kappa shape index (κ2) is 7.23. The van der Waals surface area contributed by atoms with Crippen molar-refractivity contribution in [2.24, 2.45) is 0 Å². The third kappa shape index (κ3) is 4.53. The van der Waals surface area contributed by atoms with Gasteiger partial charge in [0.25, 0.3) is 5.69 Å². The molecule has 0 radical (unpaired) electrons. The Hall–Kier alpha value is -2.41. The van der Waals surface area contributed by atoms with Crippen LogP contribution in [0.5, 0.6) is 0 Å². The number of nitro groups is 1. The molecule has 0 aliphatic rings. The fourth-order valence-electron chi connectivity index (χ4n) is 2.08. The maximum absolute atomic E-state index is 11.9. The van der Waals surface area contributed by atoms with Crippen molar-refractivity contribution in [2.75, 3.05) is 17.2 Å². The Morgan fingerprint density at radius 1 is 1.13 bits per heavy atom. The predicted octanol–water partition coefficient (Wildman–Crippen LogP) is 4.02. The molecule has 0 aliphatic carbocycles. The molecule has 2 aromatic rings. The highest BCUT2D eigenvalue weighted by molar-refractivity contribution is 9.10. The van der Waals surface area contributed by atoms with E-state index in [1.54, 1.807) is 19.1 Å². The third-order valence-corrected chi connectivity index (χ3v) is 4.18. The zero-order valence-electron chi connectivity index (χ0n) is 12.7. The molecule has 7 heteroatoms. The number of nitro benzene ring substituents is 1. The van der Waals surface area contributed by atoms with Crippen molar-refractivity contribution in [3.63, 3.8) is 0 Å². The fourth-order valence-corrected chi connectivity index (χ4v) is 2.33. The Kier molecular flexibility index (Phi) is 5.33. The zero-order valence-corrected chi connectivity index (χ0v) is 14.3. The van der Waals surface area contributed by atoms with Crippen LogP contribution in [0.2, 0.25) is 0 Å². The summed E-state index contributed by atoms with van der Waals surface area (Å²) in [6, 6.07) is 10.2. The minimum atomic E-state index is -0.429. The monoisotopic (exact) mass is 377 g/mol. The standard InChI is InChI=1S/C16H16BrN3O3/c1-10-7-13(3-5-14(10)17)19-16(21)9-18-12-4-6-15(20(22)23)11(2)8-12/h3-8,18H,9H2,1-2H3,(H,19,21). The fraction of sp³-hybridized carbons (Fsp3) is 0.188. The van der Waals surface area contributed by atoms with Crippen molar-refractivity contribution >= 4 is 38.9 Å². The van der Waals surface area contributed by atoms with Crippen LogP contribution in [-0.2, 0) is 4.79 Å². The number of benzene rings is 2. The summed E-state index contributed by atoms with van der Waals surface area (Å²) < 4.78 is 0.981. The van der Waals surface area contributed by atoms with Gasteiger partial charge in [-0.3, -0.25) is 14.9 Å². The van der Waals surface area contributed by atoms with Crippen molar-refractivity contribution < 1.29 is 9.72 Å². The number of anilines is 2. The number of hydrogen-bond acceptors (Lipinski definition) is 4. The maximum atomic E-state index is 11.9. The predicted molar refractivity (Wildman–Crippen MR) is 93.8 cm³/mol. The summed E-state index contributed by atoms with van der Waals surface area (Å²) in [4.78, 5) is 22.3. The van der Waals surface area contributed by atoms with Gasteiger partial charge in [-0.05, 0) is 49.7 Å². The lowest BCUT2D eigenvalue weighted by molar-refractivity contribution is -0.385. The number of halogens is 1. The summed E-state index contributed by atoms with van der Waals surface area (Å²) in [5.74, 6) is -0.192. The van der Waals surface area contributed by atoms with Crippen LogP contribution in [-0.4, -0.2) is 17.4 Å². The quantitative estimate of drug-likeness (QED) is 0.608. The van der Waals surface area contributed by atoms with Crippen molar-refractivity contribution in [3.8, 4) is 0 Å². The SMILES string of the molecule is Cc1cc(NC(=O)CNc2ccc([N+](=O)[O-])c(C)c2)ccc1Br. The molecule has 2 N–H and O–H groups in total. The number of nitrogens with zero attached hydrogens (tertiary/aromatic N) is 1. The number of carbonyl (C=O) groups is 1. The first-order valence-corrected chi connectivity index (χ1v) is 7.71. The number of carbonyl (C=O) groups excluding carboxylic acids is 1. The first kappa shape index (κ1) is 17.0. The van der Waals surface area contributed by atoms with Gasteiger partial charge in [-0.2, -0.15) is 0 Å². The average molecular weight is 378 g/mol. The molecule has 0 heterocycles. The van der Waals surface area contributed by atoms with Crippen molar-refractivity contribution in [3.05, 3.63) is 62.1 Å². The van der Waals surface area contributed by atoms with Gasteiger partial charge in [0.2, 0.25) is 5.91 Å². The highest BCUT2D eigenvalue weighted by atomic mass is 79.9. The molecule has 0 saturated heterocycles. The second-order valence-corrected chi connectivity index (χ2v) is 5.98. The van der Waals surface area contributed by atoms with E-state index >= 15 is 0 Å². The van der Waals surface area contributed by atoms with Gasteiger partial charge >= 0.3 is 0 Å². The number of nitrogens with one attached hydrogen (secondary N) is 2. The zero-order chi connectivity index (χ0) is 17.0. The van der Waals surface area contributed by atoms with Gasteiger partial charge in [0.15, 0.2) is 0 Å². The van der Waals surface area contributed by atoms with E-state index in [0.717, 1.165) is 15.7 Å². The molecule has 0 fully saturated rings. The largest absolute Gasteiger partial charge is 0.376 e. The molecule has 0 spiro atoms. The summed E-state index contributed by atoms with van der Waals surface area (Å²) in [6.45, 7) is 3.68. The Morgan fingerprint density at radius 3 is 2.39 bits per heavy atom. The lowest BCUT2D eigenvalue weighted by Gasteiger charge is -2.09. The Morgan fingerprint density at radius 2 is 1.78 bits per heavy atom. The molecule has 0 saturated carbocycles. The lowest BCUT2D eigenvalue weighted by Crippen LogP contribution is -2.21. The van der Waals surface area contributed by atoms with Gasteiger partial charge < -0.3 is 10.6 Å². The van der Waals surface area contributed by atoms with Gasteiger partial charge in [0, 0.05) is 27.5 Å². The molecule has 0 aromatic heterocycles. The summed E-state index contributed by atoms with van der Waals surface area (Å²) in [7, 11) is 0. The van der Waals surface area contributed by atoms with E-state index in [1.165, 1.54) is 6.07 Å². The molecule has 6 nitrogen and oxygen atoms in total. The van der Waals surface area contributed by atoms with E-state index in [2.05, 4.69) is 26.6 Å². The molecule has 0 bridgehead atoms. The molecule has 120 valence electrons. The first-order valence-electron chi connectivity index (χ1n) is 6.92. The summed E-state index contributed by atoms with van der Waals surface area (Å²) in [5.41, 5.74) is 3.02. The van der Waals surface area contributed by atoms with Gasteiger partial charge in [-0.25, -0.2) is 0 Å². The molecule has 23 heavy (non-hydrogen) atoms. The van der Waals surface area contributed by atoms with E-state index in [9.17, 15) is 14.9 Å². The van der Waals surface area contributed by atoms with Crippen LogP contribution in [0.25, 0.3) is 0 Å². The number of amides is 1. The number of aryl methyl sites for hydroxylation is 2. The van der Waals surface area contributed by atoms with Crippen LogP contribution in [0.1, 0.15) is 11.1 Å². The van der Waals surface area contributed by atoms with Crippen LogP contribution in [0.4, 0.5) is 17.1 Å². The van der Waals surface area contributed by atoms with Gasteiger partial charge in [0.1, 0.15) is 0 Å². The molecule has 0 aliphatic heterocycles. The summed E-state index contributed by atoms with van der Waals surface area (Å²) in [5, 5.41) is 16.5. The minimum Gasteiger partial charge on any atom is -0.376 e. The van der Waals surface area contributed by atoms with E-state index in [4.69, 9.17) is 0 Å². The van der Waals surface area contributed by atoms with Crippen LogP contribution in [0.3, 0.4) is 0 Å². The molecule has 2 aromatic carbocycles. The maximum Gasteiger partial charge on any atom is 0.272 e. The molecule has 0 unspecified atom stereocenters. The number of hydrogen-bond donors (Lipinski definition) is 2. The lowest BCUT2D eigenvalue weighted by atomic mass is 10.2. The summed E-state index contributed by atoms with van der Waals surface area (Å²) >= 11 is 3.41. The Balaban J connectivity index is 1.95. The Labute approximate surface area is 142 Å². The van der Waals surface area contributed by atoms with Crippen LogP contribution in [0, 0.1) is 24.0 Å². The first-order chi connectivity index (χ1) is 10.9. The number of rotatable bonds is 5. The molecular formula is C16H16BrN3O3. The highest BCUT2D eigenvalue weighted by Crippen LogP contribution is 2.22. The van der Waals surface area contributed by atoms with Gasteiger partial charge in [0.05, 0.1) is 11.5 Å². The van der Waals surface area contributed by atoms with Gasteiger partial charge in [-0.15, -0.1) is 0 Å². The van der Waals surface area contributed by atoms with E-state index in [0.29, 0.717) is 11.3 Å². The average Bonchev–Trinajstić information content (AvgIpc) is 2.48. The summed E-state index contributed by atoms with van der Waals surface area (Å²) in [6.07, 6.45) is 0. The van der Waals surface area contributed by atoms with Crippen LogP contribution >= 0.6 is 15.9 Å². The molecule has 0 atom stereocenters. The van der Waals surface area contributed by atoms with Crippen molar-refractivity contribution in [1.82, 2.24) is 0 Å². The van der Waals surface area contributed by atoms with Crippen LogP contribution < -0.4 is 10.6 Å². The minimum absolute atomic E-state index is 0.0605. The molecular weight excluding hydrogens is 362 g/mol. The van der Waals surface area contributed by atoms with E-state index in [1.807, 2.05) is 25.1 Å². The smallest absolute Gasteiger partial charge is 0.272 e. The molecule has 2 rings (SSSR count). The van der Waals surface area contributed by atoms with Crippen molar-refractivity contribution in [2.45, 2.75) is 13.8 Å². The second-order valence-electron chi connectivity index (χ2n) is 5.12. The topological polar surface area (TPSA) is 84.3 Å². The van der Waals surface area contributed by atoms with Crippen molar-refractivity contribution in [1.29, 1.82) is 0 Å².